The lowest BCUT2D eigenvalue weighted by atomic mass is 9.99. The average molecular weight is 335 g/mol. The molecule has 0 bridgehead atoms. The summed E-state index contributed by atoms with van der Waals surface area (Å²) in [6, 6.07) is 11.7. The second-order valence-electron chi connectivity index (χ2n) is 5.98. The minimum atomic E-state index is -0.0286. The Morgan fingerprint density at radius 1 is 1.16 bits per heavy atom. The molecule has 0 aliphatic heterocycles. The summed E-state index contributed by atoms with van der Waals surface area (Å²) in [7, 11) is 1.58. The molecule has 0 unspecified atom stereocenters. The number of rotatable bonds is 5. The largest absolute Gasteiger partial charge is 0.481 e. The van der Waals surface area contributed by atoms with E-state index >= 15 is 0 Å². The standard InChI is InChI=1S/C20H21N3O2/c1-13-16-6-4-5-7-18(16)23-14(2)17(13)10-19(24)21-11-15-8-9-20(25-3)22-12-15/h4-9,12H,10-11H2,1-3H3,(H,21,24). The molecule has 5 heteroatoms. The Balaban J connectivity index is 1.71. The van der Waals surface area contributed by atoms with Crippen LogP contribution in [0.2, 0.25) is 0 Å². The first-order valence-corrected chi connectivity index (χ1v) is 8.19. The Hall–Kier alpha value is -2.95. The number of aromatic nitrogens is 2. The zero-order valence-corrected chi connectivity index (χ0v) is 14.7. The average Bonchev–Trinajstić information content (AvgIpc) is 2.64. The van der Waals surface area contributed by atoms with Crippen molar-refractivity contribution in [2.45, 2.75) is 26.8 Å². The van der Waals surface area contributed by atoms with Crippen molar-refractivity contribution in [3.05, 3.63) is 65.0 Å². The molecule has 2 aromatic heterocycles. The zero-order valence-electron chi connectivity index (χ0n) is 14.7. The Bertz CT molecular complexity index is 905. The molecule has 0 saturated heterocycles. The van der Waals surface area contributed by atoms with E-state index in [1.54, 1.807) is 19.4 Å². The fourth-order valence-electron chi connectivity index (χ4n) is 2.89. The molecule has 1 amide bonds. The fraction of sp³-hybridized carbons (Fsp3) is 0.250. The van der Waals surface area contributed by atoms with Gasteiger partial charge in [-0.05, 0) is 36.6 Å². The van der Waals surface area contributed by atoms with Crippen LogP contribution in [0.5, 0.6) is 5.88 Å². The third kappa shape index (κ3) is 3.76. The summed E-state index contributed by atoms with van der Waals surface area (Å²) in [6.07, 6.45) is 2.02. The van der Waals surface area contributed by atoms with E-state index in [1.807, 2.05) is 44.2 Å². The lowest BCUT2D eigenvalue weighted by molar-refractivity contribution is -0.120. The van der Waals surface area contributed by atoms with Gasteiger partial charge in [-0.2, -0.15) is 0 Å². The zero-order chi connectivity index (χ0) is 17.8. The highest BCUT2D eigenvalue weighted by Gasteiger charge is 2.12. The number of hydrogen-bond acceptors (Lipinski definition) is 4. The minimum absolute atomic E-state index is 0.0286. The number of methoxy groups -OCH3 is 1. The Kier molecular flexibility index (Phi) is 4.93. The summed E-state index contributed by atoms with van der Waals surface area (Å²) in [6.45, 7) is 4.44. The van der Waals surface area contributed by atoms with Crippen LogP contribution in [-0.4, -0.2) is 23.0 Å². The van der Waals surface area contributed by atoms with E-state index < -0.39 is 0 Å². The highest BCUT2D eigenvalue weighted by atomic mass is 16.5. The van der Waals surface area contributed by atoms with Gasteiger partial charge in [-0.25, -0.2) is 4.98 Å². The second-order valence-corrected chi connectivity index (χ2v) is 5.98. The Morgan fingerprint density at radius 2 is 1.96 bits per heavy atom. The predicted molar refractivity (Wildman–Crippen MR) is 97.6 cm³/mol. The molecule has 128 valence electrons. The van der Waals surface area contributed by atoms with Gasteiger partial charge < -0.3 is 10.1 Å². The molecule has 0 aliphatic rings. The number of aryl methyl sites for hydroxylation is 2. The van der Waals surface area contributed by atoms with Crippen LogP contribution in [0.3, 0.4) is 0 Å². The van der Waals surface area contributed by atoms with E-state index in [2.05, 4.69) is 15.3 Å². The monoisotopic (exact) mass is 335 g/mol. The highest BCUT2D eigenvalue weighted by Crippen LogP contribution is 2.22. The normalized spacial score (nSPS) is 10.7. The number of carbonyl (C=O) groups is 1. The number of nitrogens with one attached hydrogen (secondary N) is 1. The predicted octanol–water partition coefficient (Wildman–Crippen LogP) is 3.11. The van der Waals surface area contributed by atoms with Crippen LogP contribution in [0.15, 0.2) is 42.6 Å². The van der Waals surface area contributed by atoms with Crippen molar-refractivity contribution in [2.24, 2.45) is 0 Å². The van der Waals surface area contributed by atoms with Gasteiger partial charge in [0.05, 0.1) is 19.0 Å². The summed E-state index contributed by atoms with van der Waals surface area (Å²) in [5.41, 5.74) is 4.90. The molecule has 0 spiro atoms. The van der Waals surface area contributed by atoms with Gasteiger partial charge in [0.25, 0.3) is 0 Å². The van der Waals surface area contributed by atoms with Gasteiger partial charge in [0, 0.05) is 29.9 Å². The first-order chi connectivity index (χ1) is 12.1. The first-order valence-electron chi connectivity index (χ1n) is 8.19. The second kappa shape index (κ2) is 7.30. The topological polar surface area (TPSA) is 64.1 Å². The number of pyridine rings is 2. The van der Waals surface area contributed by atoms with Crippen molar-refractivity contribution in [1.82, 2.24) is 15.3 Å². The van der Waals surface area contributed by atoms with Crippen LogP contribution >= 0.6 is 0 Å². The molecule has 5 nitrogen and oxygen atoms in total. The molecule has 1 N–H and O–H groups in total. The van der Waals surface area contributed by atoms with E-state index in [9.17, 15) is 4.79 Å². The SMILES string of the molecule is COc1ccc(CNC(=O)Cc2c(C)nc3ccccc3c2C)cn1. The quantitative estimate of drug-likeness (QED) is 0.778. The van der Waals surface area contributed by atoms with E-state index in [4.69, 9.17) is 4.74 Å². The van der Waals surface area contributed by atoms with Crippen molar-refractivity contribution in [3.63, 3.8) is 0 Å². The number of carbonyl (C=O) groups excluding carboxylic acids is 1. The van der Waals surface area contributed by atoms with Crippen LogP contribution in [0, 0.1) is 13.8 Å². The highest BCUT2D eigenvalue weighted by molar-refractivity contribution is 5.86. The first kappa shape index (κ1) is 16.9. The molecule has 0 aliphatic carbocycles. The van der Waals surface area contributed by atoms with E-state index in [1.165, 1.54) is 0 Å². The number of para-hydroxylation sites is 1. The van der Waals surface area contributed by atoms with Crippen molar-refractivity contribution in [1.29, 1.82) is 0 Å². The molecule has 2 heterocycles. The third-order valence-corrected chi connectivity index (χ3v) is 4.32. The molecule has 0 radical (unpaired) electrons. The Labute approximate surface area is 147 Å². The lowest BCUT2D eigenvalue weighted by Gasteiger charge is -2.12. The van der Waals surface area contributed by atoms with Gasteiger partial charge in [0.2, 0.25) is 11.8 Å². The molecular weight excluding hydrogens is 314 g/mol. The van der Waals surface area contributed by atoms with Crippen LogP contribution in [0.1, 0.15) is 22.4 Å². The summed E-state index contributed by atoms with van der Waals surface area (Å²) in [5.74, 6) is 0.530. The Morgan fingerprint density at radius 3 is 2.68 bits per heavy atom. The van der Waals surface area contributed by atoms with Gasteiger partial charge >= 0.3 is 0 Å². The summed E-state index contributed by atoms with van der Waals surface area (Å²) < 4.78 is 5.03. The van der Waals surface area contributed by atoms with Crippen molar-refractivity contribution >= 4 is 16.8 Å². The number of fused-ring (bicyclic) bond motifs is 1. The summed E-state index contributed by atoms with van der Waals surface area (Å²) in [5, 5.41) is 4.03. The van der Waals surface area contributed by atoms with Gasteiger partial charge in [0.15, 0.2) is 0 Å². The van der Waals surface area contributed by atoms with Crippen molar-refractivity contribution in [3.8, 4) is 5.88 Å². The van der Waals surface area contributed by atoms with Gasteiger partial charge in [0.1, 0.15) is 0 Å². The molecule has 3 rings (SSSR count). The molecule has 0 atom stereocenters. The number of amides is 1. The van der Waals surface area contributed by atoms with E-state index in [-0.39, 0.29) is 5.91 Å². The number of ether oxygens (including phenoxy) is 1. The lowest BCUT2D eigenvalue weighted by Crippen LogP contribution is -2.25. The maximum Gasteiger partial charge on any atom is 0.224 e. The van der Waals surface area contributed by atoms with Gasteiger partial charge in [-0.1, -0.05) is 24.3 Å². The van der Waals surface area contributed by atoms with Crippen molar-refractivity contribution in [2.75, 3.05) is 7.11 Å². The van der Waals surface area contributed by atoms with Crippen LogP contribution in [0.25, 0.3) is 10.9 Å². The maximum absolute atomic E-state index is 12.4. The molecule has 3 aromatic rings. The summed E-state index contributed by atoms with van der Waals surface area (Å²) in [4.78, 5) is 21.1. The van der Waals surface area contributed by atoms with Crippen LogP contribution in [0.4, 0.5) is 0 Å². The number of hydrogen-bond donors (Lipinski definition) is 1. The molecule has 25 heavy (non-hydrogen) atoms. The van der Waals surface area contributed by atoms with E-state index in [0.717, 1.165) is 33.3 Å². The molecular formula is C20H21N3O2. The smallest absolute Gasteiger partial charge is 0.224 e. The third-order valence-electron chi connectivity index (χ3n) is 4.32. The van der Waals surface area contributed by atoms with Crippen LogP contribution < -0.4 is 10.1 Å². The molecule has 1 aromatic carbocycles. The minimum Gasteiger partial charge on any atom is -0.481 e. The van der Waals surface area contributed by atoms with Gasteiger partial charge in [-0.3, -0.25) is 9.78 Å². The molecule has 0 saturated carbocycles. The molecule has 0 fully saturated rings. The number of benzene rings is 1. The van der Waals surface area contributed by atoms with E-state index in [0.29, 0.717) is 18.8 Å². The van der Waals surface area contributed by atoms with Crippen LogP contribution in [-0.2, 0) is 17.8 Å². The number of nitrogens with zero attached hydrogens (tertiary/aromatic N) is 2. The fourth-order valence-corrected chi connectivity index (χ4v) is 2.89. The van der Waals surface area contributed by atoms with Gasteiger partial charge in [-0.15, -0.1) is 0 Å². The maximum atomic E-state index is 12.4. The summed E-state index contributed by atoms with van der Waals surface area (Å²) >= 11 is 0. The van der Waals surface area contributed by atoms with Crippen molar-refractivity contribution < 1.29 is 9.53 Å².